The molecule has 2 amide bonds. The predicted octanol–water partition coefficient (Wildman–Crippen LogP) is 2.06. The molecule has 1 atom stereocenters. The summed E-state index contributed by atoms with van der Waals surface area (Å²) in [5.41, 5.74) is 0.824. The van der Waals surface area contributed by atoms with Crippen LogP contribution in [0.4, 0.5) is 0 Å². The van der Waals surface area contributed by atoms with Crippen LogP contribution in [0.15, 0.2) is 30.3 Å². The van der Waals surface area contributed by atoms with Crippen molar-refractivity contribution in [3.8, 4) is 0 Å². The highest BCUT2D eigenvalue weighted by Crippen LogP contribution is 2.31. The standard InChI is InChI=1S/C17H21NO4S/c19-16-11-15(23(21,22)14-9-5-2-6-10-14)17(20)18(16)12-13-7-3-1-4-8-13/h1,3-4,7-8,14-15H,2,5-6,9-12H2. The molecule has 1 unspecified atom stereocenters. The maximum absolute atomic E-state index is 12.7. The second kappa shape index (κ2) is 6.43. The lowest BCUT2D eigenvalue weighted by Gasteiger charge is -2.24. The summed E-state index contributed by atoms with van der Waals surface area (Å²) < 4.78 is 25.5. The molecule has 3 rings (SSSR count). The summed E-state index contributed by atoms with van der Waals surface area (Å²) >= 11 is 0. The Kier molecular flexibility index (Phi) is 4.53. The molecule has 1 saturated carbocycles. The van der Waals surface area contributed by atoms with Gasteiger partial charge in [-0.1, -0.05) is 49.6 Å². The van der Waals surface area contributed by atoms with Gasteiger partial charge < -0.3 is 0 Å². The lowest BCUT2D eigenvalue weighted by molar-refractivity contribution is -0.138. The smallest absolute Gasteiger partial charge is 0.248 e. The molecule has 1 heterocycles. The van der Waals surface area contributed by atoms with Gasteiger partial charge in [0.25, 0.3) is 0 Å². The number of hydrogen-bond donors (Lipinski definition) is 0. The van der Waals surface area contributed by atoms with E-state index in [1.54, 1.807) is 0 Å². The molecule has 2 fully saturated rings. The molecule has 5 nitrogen and oxygen atoms in total. The zero-order valence-corrected chi connectivity index (χ0v) is 13.8. The van der Waals surface area contributed by atoms with E-state index in [0.29, 0.717) is 12.8 Å². The van der Waals surface area contributed by atoms with Crippen LogP contribution in [0.5, 0.6) is 0 Å². The van der Waals surface area contributed by atoms with Crippen LogP contribution in [0, 0.1) is 0 Å². The highest BCUT2D eigenvalue weighted by atomic mass is 32.2. The van der Waals surface area contributed by atoms with Gasteiger partial charge >= 0.3 is 0 Å². The Labute approximate surface area is 136 Å². The van der Waals surface area contributed by atoms with Crippen LogP contribution < -0.4 is 0 Å². The zero-order valence-electron chi connectivity index (χ0n) is 13.0. The van der Waals surface area contributed by atoms with Gasteiger partial charge in [-0.3, -0.25) is 14.5 Å². The summed E-state index contributed by atoms with van der Waals surface area (Å²) in [4.78, 5) is 25.8. The van der Waals surface area contributed by atoms with Gasteiger partial charge in [0.1, 0.15) is 5.25 Å². The van der Waals surface area contributed by atoms with Crippen molar-refractivity contribution in [3.05, 3.63) is 35.9 Å². The van der Waals surface area contributed by atoms with Gasteiger partial charge in [0.15, 0.2) is 9.84 Å². The quantitative estimate of drug-likeness (QED) is 0.790. The molecule has 0 spiro atoms. The number of sulfone groups is 1. The van der Waals surface area contributed by atoms with Gasteiger partial charge in [-0.2, -0.15) is 0 Å². The Hall–Kier alpha value is -1.69. The number of benzene rings is 1. The number of nitrogens with zero attached hydrogens (tertiary/aromatic N) is 1. The minimum atomic E-state index is -3.58. The first kappa shape index (κ1) is 16.2. The SMILES string of the molecule is O=C1CC(S(=O)(=O)C2CCCCC2)C(=O)N1Cc1ccccc1. The molecular weight excluding hydrogens is 314 g/mol. The average molecular weight is 335 g/mol. The first-order chi connectivity index (χ1) is 11.0. The molecule has 6 heteroatoms. The van der Waals surface area contributed by atoms with Crippen LogP contribution in [0.3, 0.4) is 0 Å². The number of carbonyl (C=O) groups is 2. The van der Waals surface area contributed by atoms with Crippen molar-refractivity contribution in [1.29, 1.82) is 0 Å². The fraction of sp³-hybridized carbons (Fsp3) is 0.529. The van der Waals surface area contributed by atoms with E-state index in [0.717, 1.165) is 29.7 Å². The molecule has 1 aromatic carbocycles. The van der Waals surface area contributed by atoms with E-state index < -0.39 is 26.2 Å². The number of imide groups is 1. The van der Waals surface area contributed by atoms with E-state index >= 15 is 0 Å². The van der Waals surface area contributed by atoms with Gasteiger partial charge in [-0.25, -0.2) is 8.42 Å². The Morgan fingerprint density at radius 3 is 2.30 bits per heavy atom. The van der Waals surface area contributed by atoms with Crippen LogP contribution >= 0.6 is 0 Å². The van der Waals surface area contributed by atoms with Gasteiger partial charge in [0.05, 0.1) is 18.2 Å². The molecule has 1 aromatic rings. The Bertz CT molecular complexity index is 693. The Morgan fingerprint density at radius 2 is 1.65 bits per heavy atom. The second-order valence-electron chi connectivity index (χ2n) is 6.35. The maximum atomic E-state index is 12.7. The molecule has 0 N–H and O–H groups in total. The largest absolute Gasteiger partial charge is 0.277 e. The normalized spacial score (nSPS) is 23.5. The lowest BCUT2D eigenvalue weighted by Crippen LogP contribution is -2.39. The third kappa shape index (κ3) is 3.17. The summed E-state index contributed by atoms with van der Waals surface area (Å²) in [6.45, 7) is 0.148. The molecule has 1 aliphatic heterocycles. The molecule has 1 aliphatic carbocycles. The van der Waals surface area contributed by atoms with Gasteiger partial charge in [-0.05, 0) is 18.4 Å². The topological polar surface area (TPSA) is 71.5 Å². The van der Waals surface area contributed by atoms with Crippen molar-refractivity contribution in [2.45, 2.75) is 55.6 Å². The van der Waals surface area contributed by atoms with Crippen molar-refractivity contribution in [1.82, 2.24) is 4.90 Å². The van der Waals surface area contributed by atoms with E-state index in [1.165, 1.54) is 0 Å². The van der Waals surface area contributed by atoms with Crippen LogP contribution in [-0.4, -0.2) is 35.6 Å². The Balaban J connectivity index is 1.78. The molecule has 1 saturated heterocycles. The first-order valence-corrected chi connectivity index (χ1v) is 9.72. The highest BCUT2D eigenvalue weighted by molar-refractivity contribution is 7.93. The molecule has 0 bridgehead atoms. The lowest BCUT2D eigenvalue weighted by atomic mass is 10.0. The van der Waals surface area contributed by atoms with Crippen LogP contribution in [0.25, 0.3) is 0 Å². The summed E-state index contributed by atoms with van der Waals surface area (Å²) in [7, 11) is -3.58. The maximum Gasteiger partial charge on any atom is 0.248 e. The summed E-state index contributed by atoms with van der Waals surface area (Å²) in [5, 5.41) is -1.64. The summed E-state index contributed by atoms with van der Waals surface area (Å²) in [5.74, 6) is -0.937. The van der Waals surface area contributed by atoms with Gasteiger partial charge in [-0.15, -0.1) is 0 Å². The van der Waals surface area contributed by atoms with Crippen LogP contribution in [0.2, 0.25) is 0 Å². The summed E-state index contributed by atoms with van der Waals surface area (Å²) in [6.07, 6.45) is 3.82. The number of hydrogen-bond acceptors (Lipinski definition) is 4. The highest BCUT2D eigenvalue weighted by Gasteiger charge is 2.48. The zero-order chi connectivity index (χ0) is 16.4. The molecule has 23 heavy (non-hydrogen) atoms. The van der Waals surface area contributed by atoms with Crippen molar-refractivity contribution in [3.63, 3.8) is 0 Å². The molecule has 0 aromatic heterocycles. The van der Waals surface area contributed by atoms with Gasteiger partial charge in [0.2, 0.25) is 11.8 Å². The minimum Gasteiger partial charge on any atom is -0.277 e. The molecule has 0 radical (unpaired) electrons. The van der Waals surface area contributed by atoms with Crippen LogP contribution in [0.1, 0.15) is 44.1 Å². The predicted molar refractivity (Wildman–Crippen MR) is 86.2 cm³/mol. The third-order valence-corrected chi connectivity index (χ3v) is 7.36. The summed E-state index contributed by atoms with van der Waals surface area (Å²) in [6, 6.07) is 9.16. The van der Waals surface area contributed by atoms with Gasteiger partial charge in [0, 0.05) is 0 Å². The van der Waals surface area contributed by atoms with Crippen molar-refractivity contribution in [2.24, 2.45) is 0 Å². The fourth-order valence-electron chi connectivity index (χ4n) is 3.47. The number of amides is 2. The van der Waals surface area contributed by atoms with E-state index in [1.807, 2.05) is 30.3 Å². The molecule has 2 aliphatic rings. The number of carbonyl (C=O) groups excluding carboxylic acids is 2. The Morgan fingerprint density at radius 1 is 1.00 bits per heavy atom. The molecular formula is C17H21NO4S. The van der Waals surface area contributed by atoms with E-state index in [9.17, 15) is 18.0 Å². The van der Waals surface area contributed by atoms with E-state index in [-0.39, 0.29) is 18.9 Å². The second-order valence-corrected chi connectivity index (χ2v) is 8.76. The third-order valence-electron chi connectivity index (χ3n) is 4.80. The van der Waals surface area contributed by atoms with Crippen molar-refractivity contribution in [2.75, 3.05) is 0 Å². The van der Waals surface area contributed by atoms with Crippen molar-refractivity contribution < 1.29 is 18.0 Å². The number of likely N-dealkylation sites (tertiary alicyclic amines) is 1. The van der Waals surface area contributed by atoms with Crippen LogP contribution in [-0.2, 0) is 26.0 Å². The van der Waals surface area contributed by atoms with E-state index in [4.69, 9.17) is 0 Å². The minimum absolute atomic E-state index is 0.148. The molecule has 124 valence electrons. The first-order valence-electron chi connectivity index (χ1n) is 8.11. The van der Waals surface area contributed by atoms with Crippen molar-refractivity contribution >= 4 is 21.7 Å². The fourth-order valence-corrected chi connectivity index (χ4v) is 5.71. The average Bonchev–Trinajstić information content (AvgIpc) is 2.85. The number of rotatable bonds is 4. The van der Waals surface area contributed by atoms with E-state index in [2.05, 4.69) is 0 Å². The monoisotopic (exact) mass is 335 g/mol.